The first-order valence-corrected chi connectivity index (χ1v) is 9.05. The van der Waals surface area contributed by atoms with Crippen LogP contribution >= 0.6 is 0 Å². The van der Waals surface area contributed by atoms with Gasteiger partial charge in [-0.3, -0.25) is 9.69 Å². The first-order chi connectivity index (χ1) is 13.0. The maximum atomic E-state index is 12.0. The molecule has 2 rings (SSSR count). The number of hydrogen-bond acceptors (Lipinski definition) is 3. The Bertz CT molecular complexity index is 732. The van der Waals surface area contributed by atoms with Gasteiger partial charge in [0.25, 0.3) is 0 Å². The van der Waals surface area contributed by atoms with Gasteiger partial charge in [-0.2, -0.15) is 0 Å². The lowest BCUT2D eigenvalue weighted by molar-refractivity contribution is -0.122. The summed E-state index contributed by atoms with van der Waals surface area (Å²) in [6.45, 7) is 2.85. The highest BCUT2D eigenvalue weighted by Crippen LogP contribution is 2.17. The van der Waals surface area contributed by atoms with Crippen LogP contribution in [0.15, 0.2) is 54.6 Å². The summed E-state index contributed by atoms with van der Waals surface area (Å²) in [7, 11) is 0. The summed E-state index contributed by atoms with van der Waals surface area (Å²) in [4.78, 5) is 24.8. The van der Waals surface area contributed by atoms with Crippen molar-refractivity contribution in [3.05, 3.63) is 65.7 Å². The van der Waals surface area contributed by atoms with Crippen molar-refractivity contribution < 1.29 is 19.4 Å². The lowest BCUT2D eigenvalue weighted by Gasteiger charge is -2.27. The predicted molar refractivity (Wildman–Crippen MR) is 104 cm³/mol. The van der Waals surface area contributed by atoms with E-state index in [1.165, 1.54) is 0 Å². The number of nitrogens with two attached hydrogens (primary N) is 1. The van der Waals surface area contributed by atoms with E-state index < -0.39 is 18.0 Å². The number of unbranched alkanes of at least 4 members (excludes halogenated alkanes) is 1. The average molecular weight is 370 g/mol. The zero-order valence-electron chi connectivity index (χ0n) is 15.5. The van der Waals surface area contributed by atoms with E-state index in [1.807, 2.05) is 54.6 Å². The van der Waals surface area contributed by atoms with E-state index in [-0.39, 0.29) is 13.0 Å². The smallest absolute Gasteiger partial charge is 0.408 e. The van der Waals surface area contributed by atoms with E-state index >= 15 is 0 Å². The lowest BCUT2D eigenvalue weighted by atomic mass is 10.0. The number of hydrogen-bond donors (Lipinski definition) is 2. The highest BCUT2D eigenvalue weighted by molar-refractivity contribution is 5.84. The highest BCUT2D eigenvalue weighted by atomic mass is 16.5. The molecule has 0 aliphatic heterocycles. The Morgan fingerprint density at radius 3 is 2.30 bits per heavy atom. The molecular weight excluding hydrogens is 344 g/mol. The van der Waals surface area contributed by atoms with E-state index in [0.717, 1.165) is 34.6 Å². The lowest BCUT2D eigenvalue weighted by Crippen LogP contribution is -2.48. The van der Waals surface area contributed by atoms with Gasteiger partial charge in [0.1, 0.15) is 11.8 Å². The van der Waals surface area contributed by atoms with Crippen LogP contribution in [0.4, 0.5) is 4.79 Å². The SMILES string of the molecule is CCCCOc1ccc(C[C@@H](C(N)=O)N(Cc2ccccc2)C(=O)O)cc1. The Kier molecular flexibility index (Phi) is 7.67. The fraction of sp³-hybridized carbons (Fsp3) is 0.333. The summed E-state index contributed by atoms with van der Waals surface area (Å²) in [5.74, 6) is 0.0822. The number of ether oxygens (including phenoxy) is 1. The van der Waals surface area contributed by atoms with Crippen molar-refractivity contribution in [3.63, 3.8) is 0 Å². The monoisotopic (exact) mass is 370 g/mol. The van der Waals surface area contributed by atoms with E-state index in [0.29, 0.717) is 6.61 Å². The van der Waals surface area contributed by atoms with Gasteiger partial charge in [-0.05, 0) is 29.7 Å². The number of carbonyl (C=O) groups is 2. The normalized spacial score (nSPS) is 11.6. The molecule has 0 aliphatic rings. The van der Waals surface area contributed by atoms with Crippen LogP contribution in [0.5, 0.6) is 5.75 Å². The Labute approximate surface area is 159 Å². The number of carboxylic acid groups (broad SMARTS) is 1. The zero-order valence-corrected chi connectivity index (χ0v) is 15.5. The molecule has 0 spiro atoms. The van der Waals surface area contributed by atoms with Gasteiger partial charge >= 0.3 is 6.09 Å². The molecular formula is C21H26N2O4. The zero-order chi connectivity index (χ0) is 19.6. The molecule has 6 heteroatoms. The quantitative estimate of drug-likeness (QED) is 0.627. The fourth-order valence-corrected chi connectivity index (χ4v) is 2.74. The van der Waals surface area contributed by atoms with Crippen LogP contribution in [0.3, 0.4) is 0 Å². The second kappa shape index (κ2) is 10.2. The summed E-state index contributed by atoms with van der Waals surface area (Å²) >= 11 is 0. The van der Waals surface area contributed by atoms with Gasteiger partial charge in [0, 0.05) is 13.0 Å². The Morgan fingerprint density at radius 2 is 1.74 bits per heavy atom. The van der Waals surface area contributed by atoms with Crippen LogP contribution in [-0.2, 0) is 17.8 Å². The first kappa shape index (κ1) is 20.3. The molecule has 144 valence electrons. The number of rotatable bonds is 10. The fourth-order valence-electron chi connectivity index (χ4n) is 2.74. The van der Waals surface area contributed by atoms with Gasteiger partial charge in [-0.1, -0.05) is 55.8 Å². The first-order valence-electron chi connectivity index (χ1n) is 9.05. The van der Waals surface area contributed by atoms with Crippen molar-refractivity contribution in [2.75, 3.05) is 6.61 Å². The molecule has 0 aliphatic carbocycles. The second-order valence-corrected chi connectivity index (χ2v) is 6.36. The molecule has 3 N–H and O–H groups in total. The molecule has 0 saturated heterocycles. The van der Waals surface area contributed by atoms with Crippen LogP contribution in [-0.4, -0.2) is 34.7 Å². The number of nitrogens with zero attached hydrogens (tertiary/aromatic N) is 1. The van der Waals surface area contributed by atoms with Crippen LogP contribution in [0.2, 0.25) is 0 Å². The molecule has 0 saturated carbocycles. The molecule has 1 atom stereocenters. The molecule has 2 aromatic rings. The van der Waals surface area contributed by atoms with Gasteiger partial charge in [0.05, 0.1) is 6.61 Å². The summed E-state index contributed by atoms with van der Waals surface area (Å²) < 4.78 is 5.62. The molecule has 0 fully saturated rings. The average Bonchev–Trinajstić information content (AvgIpc) is 2.66. The molecule has 6 nitrogen and oxygen atoms in total. The van der Waals surface area contributed by atoms with Crippen molar-refractivity contribution in [1.82, 2.24) is 4.90 Å². The third-order valence-electron chi connectivity index (χ3n) is 4.27. The number of primary amides is 1. The Morgan fingerprint density at radius 1 is 1.07 bits per heavy atom. The van der Waals surface area contributed by atoms with Crippen molar-refractivity contribution in [2.45, 2.75) is 38.8 Å². The molecule has 2 amide bonds. The predicted octanol–water partition coefficient (Wildman–Crippen LogP) is 3.44. The molecule has 0 bridgehead atoms. The van der Waals surface area contributed by atoms with Crippen LogP contribution < -0.4 is 10.5 Å². The summed E-state index contributed by atoms with van der Waals surface area (Å²) in [5.41, 5.74) is 7.14. The van der Waals surface area contributed by atoms with E-state index in [2.05, 4.69) is 6.92 Å². The third kappa shape index (κ3) is 6.33. The maximum Gasteiger partial charge on any atom is 0.408 e. The molecule has 0 radical (unpaired) electrons. The van der Waals surface area contributed by atoms with Gasteiger partial charge in [0.2, 0.25) is 5.91 Å². The number of carbonyl (C=O) groups excluding carboxylic acids is 1. The molecule has 0 unspecified atom stereocenters. The van der Waals surface area contributed by atoms with Gasteiger partial charge in [-0.15, -0.1) is 0 Å². The summed E-state index contributed by atoms with van der Waals surface area (Å²) in [6.07, 6.45) is 1.08. The van der Waals surface area contributed by atoms with Crippen molar-refractivity contribution in [3.8, 4) is 5.75 Å². The Hall–Kier alpha value is -3.02. The van der Waals surface area contributed by atoms with E-state index in [4.69, 9.17) is 10.5 Å². The highest BCUT2D eigenvalue weighted by Gasteiger charge is 2.28. The van der Waals surface area contributed by atoms with Crippen LogP contribution in [0.1, 0.15) is 30.9 Å². The number of benzene rings is 2. The van der Waals surface area contributed by atoms with Crippen molar-refractivity contribution in [2.24, 2.45) is 5.73 Å². The molecule has 27 heavy (non-hydrogen) atoms. The third-order valence-corrected chi connectivity index (χ3v) is 4.27. The second-order valence-electron chi connectivity index (χ2n) is 6.36. The van der Waals surface area contributed by atoms with Gasteiger partial charge in [0.15, 0.2) is 0 Å². The van der Waals surface area contributed by atoms with Crippen molar-refractivity contribution >= 4 is 12.0 Å². The summed E-state index contributed by atoms with van der Waals surface area (Å²) in [6, 6.07) is 15.5. The van der Waals surface area contributed by atoms with Gasteiger partial charge in [-0.25, -0.2) is 4.79 Å². The minimum Gasteiger partial charge on any atom is -0.494 e. The topological polar surface area (TPSA) is 92.9 Å². The standard InChI is InChI=1S/C21H26N2O4/c1-2-3-13-27-18-11-9-16(10-12-18)14-19(20(22)24)23(21(25)26)15-17-7-5-4-6-8-17/h4-12,19H,2-3,13-15H2,1H3,(H2,22,24)(H,25,26)/t19-/m0/s1. The summed E-state index contributed by atoms with van der Waals surface area (Å²) in [5, 5.41) is 9.59. The minimum absolute atomic E-state index is 0.0992. The van der Waals surface area contributed by atoms with Crippen molar-refractivity contribution in [1.29, 1.82) is 0 Å². The van der Waals surface area contributed by atoms with E-state index in [9.17, 15) is 14.7 Å². The molecule has 2 aromatic carbocycles. The van der Waals surface area contributed by atoms with Gasteiger partial charge < -0.3 is 15.6 Å². The molecule has 0 heterocycles. The van der Waals surface area contributed by atoms with Crippen LogP contribution in [0.25, 0.3) is 0 Å². The van der Waals surface area contributed by atoms with E-state index in [1.54, 1.807) is 0 Å². The van der Waals surface area contributed by atoms with Crippen LogP contribution in [0, 0.1) is 0 Å². The Balaban J connectivity index is 2.10. The maximum absolute atomic E-state index is 12.0. The number of amides is 2. The minimum atomic E-state index is -1.18. The largest absolute Gasteiger partial charge is 0.494 e. The molecule has 0 aromatic heterocycles.